The molecule has 1 unspecified atom stereocenters. The number of carbonyl (C=O) groups is 1. The third-order valence-corrected chi connectivity index (χ3v) is 3.22. The maximum Gasteiger partial charge on any atom is 0.472 e. The number of phosphoric acid groups is 1. The first kappa shape index (κ1) is 19.5. The van der Waals surface area contributed by atoms with Gasteiger partial charge >= 0.3 is 13.8 Å². The van der Waals surface area contributed by atoms with Crippen LogP contribution in [0, 0.1) is 5.41 Å². The molecule has 0 aromatic heterocycles. The Balaban J connectivity index is 3.89. The lowest BCUT2D eigenvalue weighted by Gasteiger charge is -2.24. The quantitative estimate of drug-likeness (QED) is 0.316. The standard InChI is InChI=1S/C12H26NO6P/c1-12(2,3)11(14)17-9-10-19-20(15,16)18-8-7-13(4,5)6/h7-10H2,1-6H3/p+1. The Hall–Kier alpha value is -0.460. The van der Waals surface area contributed by atoms with Crippen molar-refractivity contribution in [3.8, 4) is 0 Å². The van der Waals surface area contributed by atoms with Crippen LogP contribution in [0.25, 0.3) is 0 Å². The van der Waals surface area contributed by atoms with Crippen LogP contribution in [-0.4, -0.2) is 62.9 Å². The molecule has 120 valence electrons. The highest BCUT2D eigenvalue weighted by molar-refractivity contribution is 7.47. The number of quaternary nitrogens is 1. The molecule has 0 aromatic rings. The highest BCUT2D eigenvalue weighted by Gasteiger charge is 2.25. The SMILES string of the molecule is CC(C)(C)C(=O)OCCOP(=O)(O)OCC[N+](C)(C)C. The van der Waals surface area contributed by atoms with Gasteiger partial charge in [-0.15, -0.1) is 0 Å². The average Bonchev–Trinajstić information content (AvgIpc) is 2.20. The van der Waals surface area contributed by atoms with Crippen molar-refractivity contribution in [2.24, 2.45) is 5.41 Å². The minimum Gasteiger partial charge on any atom is -0.463 e. The third-order valence-electron chi connectivity index (χ3n) is 2.20. The number of carbonyl (C=O) groups excluding carboxylic acids is 1. The fourth-order valence-electron chi connectivity index (χ4n) is 0.971. The first-order chi connectivity index (χ1) is 8.83. The Labute approximate surface area is 121 Å². The number of phosphoric ester groups is 1. The molecule has 0 amide bonds. The average molecular weight is 312 g/mol. The number of nitrogens with zero attached hydrogens (tertiary/aromatic N) is 1. The smallest absolute Gasteiger partial charge is 0.463 e. The van der Waals surface area contributed by atoms with Crippen molar-refractivity contribution in [2.45, 2.75) is 20.8 Å². The maximum atomic E-state index is 11.5. The molecule has 1 atom stereocenters. The molecule has 0 saturated carbocycles. The first-order valence-electron chi connectivity index (χ1n) is 6.43. The fourth-order valence-corrected chi connectivity index (χ4v) is 1.66. The summed E-state index contributed by atoms with van der Waals surface area (Å²) in [5.41, 5.74) is -0.607. The van der Waals surface area contributed by atoms with E-state index in [0.717, 1.165) is 0 Å². The van der Waals surface area contributed by atoms with Gasteiger partial charge in [-0.2, -0.15) is 0 Å². The second kappa shape index (κ2) is 7.52. The van der Waals surface area contributed by atoms with Gasteiger partial charge in [-0.25, -0.2) is 4.57 Å². The van der Waals surface area contributed by atoms with Gasteiger partial charge in [-0.1, -0.05) is 0 Å². The van der Waals surface area contributed by atoms with Crippen molar-refractivity contribution < 1.29 is 32.5 Å². The molecule has 0 fully saturated rings. The van der Waals surface area contributed by atoms with Crippen LogP contribution < -0.4 is 0 Å². The number of hydrogen-bond acceptors (Lipinski definition) is 5. The monoisotopic (exact) mass is 312 g/mol. The van der Waals surface area contributed by atoms with Gasteiger partial charge in [-0.3, -0.25) is 13.8 Å². The van der Waals surface area contributed by atoms with Gasteiger partial charge in [0, 0.05) is 0 Å². The molecule has 0 aliphatic carbocycles. The van der Waals surface area contributed by atoms with Crippen molar-refractivity contribution in [3.63, 3.8) is 0 Å². The van der Waals surface area contributed by atoms with Gasteiger partial charge in [0.05, 0.1) is 33.2 Å². The summed E-state index contributed by atoms with van der Waals surface area (Å²) >= 11 is 0. The second-order valence-corrected chi connectivity index (χ2v) is 7.99. The van der Waals surface area contributed by atoms with E-state index in [2.05, 4.69) is 0 Å². The summed E-state index contributed by atoms with van der Waals surface area (Å²) < 4.78 is 26.5. The summed E-state index contributed by atoms with van der Waals surface area (Å²) in [4.78, 5) is 20.8. The largest absolute Gasteiger partial charge is 0.472 e. The van der Waals surface area contributed by atoms with E-state index >= 15 is 0 Å². The molecule has 0 rings (SSSR count). The number of esters is 1. The lowest BCUT2D eigenvalue weighted by Crippen LogP contribution is -2.37. The van der Waals surface area contributed by atoms with E-state index in [4.69, 9.17) is 13.8 Å². The third kappa shape index (κ3) is 10.3. The lowest BCUT2D eigenvalue weighted by molar-refractivity contribution is -0.870. The second-order valence-electron chi connectivity index (χ2n) is 6.53. The Kier molecular flexibility index (Phi) is 7.35. The van der Waals surface area contributed by atoms with Crippen LogP contribution in [0.5, 0.6) is 0 Å². The van der Waals surface area contributed by atoms with Crippen LogP contribution in [0.4, 0.5) is 0 Å². The predicted octanol–water partition coefficient (Wildman–Crippen LogP) is 1.42. The Morgan fingerprint density at radius 2 is 1.60 bits per heavy atom. The van der Waals surface area contributed by atoms with E-state index < -0.39 is 13.2 Å². The van der Waals surface area contributed by atoms with Gasteiger partial charge in [0.2, 0.25) is 0 Å². The minimum atomic E-state index is -4.08. The fraction of sp³-hybridized carbons (Fsp3) is 0.917. The molecule has 0 bridgehead atoms. The zero-order valence-electron chi connectivity index (χ0n) is 13.2. The molecule has 0 aliphatic heterocycles. The van der Waals surface area contributed by atoms with Crippen LogP contribution in [0.2, 0.25) is 0 Å². The molecule has 0 aromatic carbocycles. The van der Waals surface area contributed by atoms with Crippen LogP contribution in [0.3, 0.4) is 0 Å². The van der Waals surface area contributed by atoms with E-state index in [0.29, 0.717) is 11.0 Å². The van der Waals surface area contributed by atoms with Crippen molar-refractivity contribution in [2.75, 3.05) is 47.5 Å². The van der Waals surface area contributed by atoms with Crippen molar-refractivity contribution in [1.82, 2.24) is 0 Å². The molecule has 7 nitrogen and oxygen atoms in total. The summed E-state index contributed by atoms with van der Waals surface area (Å²) in [5.74, 6) is -0.389. The van der Waals surface area contributed by atoms with Crippen LogP contribution in [0.15, 0.2) is 0 Å². The first-order valence-corrected chi connectivity index (χ1v) is 7.93. The summed E-state index contributed by atoms with van der Waals surface area (Å²) in [6, 6.07) is 0. The predicted molar refractivity (Wildman–Crippen MR) is 75.0 cm³/mol. The van der Waals surface area contributed by atoms with Crippen LogP contribution in [0.1, 0.15) is 20.8 Å². The molecule has 0 aliphatic rings. The highest BCUT2D eigenvalue weighted by Crippen LogP contribution is 2.42. The number of likely N-dealkylation sites (N-methyl/N-ethyl adjacent to an activating group) is 1. The number of hydrogen-bond donors (Lipinski definition) is 1. The highest BCUT2D eigenvalue weighted by atomic mass is 31.2. The Bertz CT molecular complexity index is 358. The lowest BCUT2D eigenvalue weighted by atomic mass is 9.97. The van der Waals surface area contributed by atoms with E-state index in [9.17, 15) is 14.3 Å². The molecule has 0 radical (unpaired) electrons. The van der Waals surface area contributed by atoms with Gasteiger partial charge in [0.25, 0.3) is 0 Å². The zero-order chi connectivity index (χ0) is 16.0. The van der Waals surface area contributed by atoms with Crippen molar-refractivity contribution in [1.29, 1.82) is 0 Å². The summed E-state index contributed by atoms with van der Waals surface area (Å²) in [6.07, 6.45) is 0. The van der Waals surface area contributed by atoms with E-state index in [1.807, 2.05) is 21.1 Å². The summed E-state index contributed by atoms with van der Waals surface area (Å²) in [6.45, 7) is 5.59. The van der Waals surface area contributed by atoms with Gasteiger partial charge in [0.1, 0.15) is 19.8 Å². The van der Waals surface area contributed by atoms with Crippen LogP contribution >= 0.6 is 7.82 Å². The normalized spacial score (nSPS) is 15.8. The van der Waals surface area contributed by atoms with E-state index in [-0.39, 0.29) is 25.8 Å². The molecule has 8 heteroatoms. The van der Waals surface area contributed by atoms with E-state index in [1.165, 1.54) is 0 Å². The molecule has 20 heavy (non-hydrogen) atoms. The molecule has 0 saturated heterocycles. The Morgan fingerprint density at radius 1 is 1.10 bits per heavy atom. The van der Waals surface area contributed by atoms with Crippen LogP contribution in [-0.2, 0) is 23.1 Å². The minimum absolute atomic E-state index is 0.0840. The molecule has 0 spiro atoms. The molecular weight excluding hydrogens is 285 g/mol. The van der Waals surface area contributed by atoms with Gasteiger partial charge < -0.3 is 14.1 Å². The zero-order valence-corrected chi connectivity index (χ0v) is 14.1. The number of rotatable bonds is 8. The van der Waals surface area contributed by atoms with Gasteiger partial charge in [-0.05, 0) is 20.8 Å². The Morgan fingerprint density at radius 3 is 2.05 bits per heavy atom. The number of ether oxygens (including phenoxy) is 1. The maximum absolute atomic E-state index is 11.5. The van der Waals surface area contributed by atoms with Crippen molar-refractivity contribution >= 4 is 13.8 Å². The molecular formula is C12H27NO6P+. The molecule has 0 heterocycles. The van der Waals surface area contributed by atoms with Gasteiger partial charge in [0.15, 0.2) is 0 Å². The van der Waals surface area contributed by atoms with Crippen molar-refractivity contribution in [3.05, 3.63) is 0 Å². The summed E-state index contributed by atoms with van der Waals surface area (Å²) in [5, 5.41) is 0. The van der Waals surface area contributed by atoms with E-state index in [1.54, 1.807) is 20.8 Å². The molecule has 1 N–H and O–H groups in total. The topological polar surface area (TPSA) is 82.1 Å². The summed E-state index contributed by atoms with van der Waals surface area (Å²) in [7, 11) is 1.75.